The molecule has 0 fully saturated rings. The zero-order chi connectivity index (χ0) is 21.6. The van der Waals surface area contributed by atoms with Crippen molar-refractivity contribution in [2.75, 3.05) is 25.0 Å². The summed E-state index contributed by atoms with van der Waals surface area (Å²) < 4.78 is 7.29. The highest BCUT2D eigenvalue weighted by Crippen LogP contribution is 2.27. The van der Waals surface area contributed by atoms with Gasteiger partial charge in [-0.1, -0.05) is 6.92 Å². The average Bonchev–Trinajstić information content (AvgIpc) is 3.23. The summed E-state index contributed by atoms with van der Waals surface area (Å²) in [6, 6.07) is 5.88. The Hall–Kier alpha value is -3.05. The summed E-state index contributed by atoms with van der Waals surface area (Å²) in [6.45, 7) is 10.6. The Labute approximate surface area is 171 Å². The SMILES string of the molecule is CCN(CC(=O)Nc1c(C#N)c(C)c(C)n1Cc1ccco1)CC(=O)NC(C)C. The third-order valence-corrected chi connectivity index (χ3v) is 4.72. The number of hydrogen-bond donors (Lipinski definition) is 2. The Morgan fingerprint density at radius 3 is 2.52 bits per heavy atom. The summed E-state index contributed by atoms with van der Waals surface area (Å²) in [5, 5.41) is 15.3. The largest absolute Gasteiger partial charge is 0.467 e. The third-order valence-electron chi connectivity index (χ3n) is 4.72. The lowest BCUT2D eigenvalue weighted by atomic mass is 10.2. The van der Waals surface area contributed by atoms with Gasteiger partial charge in [-0.15, -0.1) is 0 Å². The van der Waals surface area contributed by atoms with Gasteiger partial charge >= 0.3 is 0 Å². The van der Waals surface area contributed by atoms with Crippen LogP contribution in [0.2, 0.25) is 0 Å². The molecule has 29 heavy (non-hydrogen) atoms. The number of nitriles is 1. The number of nitrogens with one attached hydrogen (secondary N) is 2. The molecule has 8 nitrogen and oxygen atoms in total. The van der Waals surface area contributed by atoms with Gasteiger partial charge in [0.15, 0.2) is 0 Å². The predicted octanol–water partition coefficient (Wildman–Crippen LogP) is 2.40. The average molecular weight is 399 g/mol. The van der Waals surface area contributed by atoms with Crippen LogP contribution >= 0.6 is 0 Å². The first kappa shape index (κ1) is 22.2. The van der Waals surface area contributed by atoms with E-state index < -0.39 is 0 Å². The van der Waals surface area contributed by atoms with Gasteiger partial charge < -0.3 is 19.6 Å². The van der Waals surface area contributed by atoms with Crippen molar-refractivity contribution < 1.29 is 14.0 Å². The summed E-state index contributed by atoms with van der Waals surface area (Å²) in [4.78, 5) is 26.4. The number of likely N-dealkylation sites (N-methyl/N-ethyl adjacent to an activating group) is 1. The molecule has 0 unspecified atom stereocenters. The molecular formula is C21H29N5O3. The lowest BCUT2D eigenvalue weighted by Crippen LogP contribution is -2.43. The number of furan rings is 1. The molecule has 2 amide bonds. The molecule has 0 atom stereocenters. The van der Waals surface area contributed by atoms with Gasteiger partial charge in [-0.3, -0.25) is 14.5 Å². The Kier molecular flexibility index (Phi) is 7.62. The Bertz CT molecular complexity index is 891. The molecule has 2 rings (SSSR count). The van der Waals surface area contributed by atoms with Gasteiger partial charge in [0.1, 0.15) is 17.6 Å². The highest BCUT2D eigenvalue weighted by atomic mass is 16.3. The second kappa shape index (κ2) is 9.94. The molecule has 0 aliphatic carbocycles. The highest BCUT2D eigenvalue weighted by molar-refractivity contribution is 5.93. The van der Waals surface area contributed by atoms with Gasteiger partial charge in [-0.25, -0.2) is 0 Å². The standard InChI is InChI=1S/C21H29N5O3/c1-6-25(12-19(27)23-14(2)3)13-20(28)24-21-18(10-22)15(4)16(5)26(21)11-17-8-7-9-29-17/h7-9,14H,6,11-13H2,1-5H3,(H,23,27)(H,24,28). The van der Waals surface area contributed by atoms with Crippen molar-refractivity contribution in [3.8, 4) is 6.07 Å². The van der Waals surface area contributed by atoms with E-state index >= 15 is 0 Å². The van der Waals surface area contributed by atoms with E-state index in [1.165, 1.54) is 0 Å². The van der Waals surface area contributed by atoms with Gasteiger partial charge in [-0.2, -0.15) is 5.26 Å². The van der Waals surface area contributed by atoms with Crippen LogP contribution in [0.4, 0.5) is 5.82 Å². The molecule has 0 aromatic carbocycles. The van der Waals surface area contributed by atoms with E-state index in [0.717, 1.165) is 17.0 Å². The molecule has 0 saturated heterocycles. The number of anilines is 1. The van der Waals surface area contributed by atoms with Crippen LogP contribution in [0, 0.1) is 25.2 Å². The molecule has 2 heterocycles. The number of carbonyl (C=O) groups excluding carboxylic acids is 2. The maximum absolute atomic E-state index is 12.7. The van der Waals surface area contributed by atoms with Gasteiger partial charge in [0.05, 0.1) is 31.5 Å². The zero-order valence-corrected chi connectivity index (χ0v) is 17.7. The van der Waals surface area contributed by atoms with Crippen LogP contribution in [0.25, 0.3) is 0 Å². The molecule has 156 valence electrons. The molecule has 2 aromatic heterocycles. The molecular weight excluding hydrogens is 370 g/mol. The van der Waals surface area contributed by atoms with Crippen LogP contribution < -0.4 is 10.6 Å². The predicted molar refractivity (Wildman–Crippen MR) is 110 cm³/mol. The molecule has 0 aliphatic rings. The Morgan fingerprint density at radius 1 is 1.28 bits per heavy atom. The summed E-state index contributed by atoms with van der Waals surface area (Å²) in [5.41, 5.74) is 2.14. The maximum atomic E-state index is 12.7. The minimum Gasteiger partial charge on any atom is -0.467 e. The van der Waals surface area contributed by atoms with Crippen molar-refractivity contribution in [2.45, 2.75) is 47.2 Å². The molecule has 0 aliphatic heterocycles. The fraction of sp³-hybridized carbons (Fsp3) is 0.476. The molecule has 0 bridgehead atoms. The molecule has 2 aromatic rings. The van der Waals surface area contributed by atoms with Crippen molar-refractivity contribution >= 4 is 17.6 Å². The molecule has 8 heteroatoms. The summed E-state index contributed by atoms with van der Waals surface area (Å²) in [5.74, 6) is 0.773. The van der Waals surface area contributed by atoms with Gasteiger partial charge in [0, 0.05) is 11.7 Å². The van der Waals surface area contributed by atoms with E-state index in [1.807, 2.05) is 45.3 Å². The number of aromatic nitrogens is 1. The van der Waals surface area contributed by atoms with Crippen LogP contribution in [0.15, 0.2) is 22.8 Å². The Balaban J connectivity index is 2.17. The molecule has 0 spiro atoms. The number of nitrogens with zero attached hydrogens (tertiary/aromatic N) is 3. The minimum atomic E-state index is -0.279. The first-order valence-electron chi connectivity index (χ1n) is 9.70. The lowest BCUT2D eigenvalue weighted by Gasteiger charge is -2.20. The fourth-order valence-electron chi connectivity index (χ4n) is 3.11. The molecule has 2 N–H and O–H groups in total. The van der Waals surface area contributed by atoms with Crippen LogP contribution in [-0.4, -0.2) is 47.0 Å². The fourth-order valence-corrected chi connectivity index (χ4v) is 3.11. The highest BCUT2D eigenvalue weighted by Gasteiger charge is 2.21. The molecule has 0 radical (unpaired) electrons. The van der Waals surface area contributed by atoms with Crippen molar-refractivity contribution in [1.29, 1.82) is 5.26 Å². The van der Waals surface area contributed by atoms with E-state index in [0.29, 0.717) is 24.5 Å². The smallest absolute Gasteiger partial charge is 0.239 e. The van der Waals surface area contributed by atoms with E-state index in [4.69, 9.17) is 4.42 Å². The summed E-state index contributed by atoms with van der Waals surface area (Å²) in [6.07, 6.45) is 1.59. The topological polar surface area (TPSA) is 103 Å². The number of rotatable bonds is 9. The van der Waals surface area contributed by atoms with Gasteiger partial charge in [0.2, 0.25) is 11.8 Å². The number of hydrogen-bond acceptors (Lipinski definition) is 5. The maximum Gasteiger partial charge on any atom is 0.239 e. The molecule has 0 saturated carbocycles. The van der Waals surface area contributed by atoms with E-state index in [2.05, 4.69) is 16.7 Å². The van der Waals surface area contributed by atoms with E-state index in [1.54, 1.807) is 17.2 Å². The number of amides is 2. The van der Waals surface area contributed by atoms with Gasteiger partial charge in [0.25, 0.3) is 0 Å². The van der Waals surface area contributed by atoms with Crippen LogP contribution in [0.1, 0.15) is 43.4 Å². The first-order valence-corrected chi connectivity index (χ1v) is 9.70. The summed E-state index contributed by atoms with van der Waals surface area (Å²) >= 11 is 0. The van der Waals surface area contributed by atoms with Crippen LogP contribution in [0.5, 0.6) is 0 Å². The van der Waals surface area contributed by atoms with Crippen molar-refractivity contribution in [2.24, 2.45) is 0 Å². The monoisotopic (exact) mass is 399 g/mol. The lowest BCUT2D eigenvalue weighted by molar-refractivity contribution is -0.123. The van der Waals surface area contributed by atoms with E-state index in [-0.39, 0.29) is 30.9 Å². The van der Waals surface area contributed by atoms with Crippen LogP contribution in [0.3, 0.4) is 0 Å². The quantitative estimate of drug-likeness (QED) is 0.674. The van der Waals surface area contributed by atoms with Crippen molar-refractivity contribution in [3.63, 3.8) is 0 Å². The third kappa shape index (κ3) is 5.72. The Morgan fingerprint density at radius 2 is 1.97 bits per heavy atom. The van der Waals surface area contributed by atoms with E-state index in [9.17, 15) is 14.9 Å². The van der Waals surface area contributed by atoms with Crippen molar-refractivity contribution in [1.82, 2.24) is 14.8 Å². The normalized spacial score (nSPS) is 11.0. The minimum absolute atomic E-state index is 0.0454. The second-order valence-electron chi connectivity index (χ2n) is 7.28. The van der Waals surface area contributed by atoms with Gasteiger partial charge in [-0.05, 0) is 51.9 Å². The summed E-state index contributed by atoms with van der Waals surface area (Å²) in [7, 11) is 0. The van der Waals surface area contributed by atoms with Crippen molar-refractivity contribution in [3.05, 3.63) is 41.0 Å². The number of carbonyl (C=O) groups is 2. The van der Waals surface area contributed by atoms with Crippen LogP contribution in [-0.2, 0) is 16.1 Å². The first-order chi connectivity index (χ1) is 13.8. The zero-order valence-electron chi connectivity index (χ0n) is 17.7. The second-order valence-corrected chi connectivity index (χ2v) is 7.28.